The Morgan fingerprint density at radius 1 is 1.00 bits per heavy atom. The molecule has 3 rings (SSSR count). The van der Waals surface area contributed by atoms with Crippen LogP contribution in [0.25, 0.3) is 0 Å². The molecule has 10 heteroatoms. The SMILES string of the molecule is COc1ccc(C)cc1N(CC(=O)NCc1cccc(C(F)(F)F)c1)S(=O)(=O)c1ccccc1. The standard InChI is InChI=1S/C24H23F3N2O4S/c1-17-11-12-22(33-2)21(13-17)29(34(31,32)20-9-4-3-5-10-20)16-23(30)28-15-18-7-6-8-19(14-18)24(25,26)27/h3-14H,15-16H2,1-2H3,(H,28,30). The van der Waals surface area contributed by atoms with Gasteiger partial charge in [-0.3, -0.25) is 9.10 Å². The van der Waals surface area contributed by atoms with Crippen molar-refractivity contribution in [2.45, 2.75) is 24.5 Å². The largest absolute Gasteiger partial charge is 0.495 e. The van der Waals surface area contributed by atoms with E-state index in [0.29, 0.717) is 0 Å². The molecule has 6 nitrogen and oxygen atoms in total. The van der Waals surface area contributed by atoms with E-state index in [1.54, 1.807) is 43.3 Å². The minimum absolute atomic E-state index is 0.0239. The highest BCUT2D eigenvalue weighted by atomic mass is 32.2. The highest BCUT2D eigenvalue weighted by molar-refractivity contribution is 7.92. The molecule has 3 aromatic rings. The number of carbonyl (C=O) groups is 1. The van der Waals surface area contributed by atoms with Crippen molar-refractivity contribution >= 4 is 21.6 Å². The van der Waals surface area contributed by atoms with Gasteiger partial charge in [0.1, 0.15) is 12.3 Å². The zero-order valence-corrected chi connectivity index (χ0v) is 19.3. The van der Waals surface area contributed by atoms with E-state index in [0.717, 1.165) is 22.0 Å². The van der Waals surface area contributed by atoms with Crippen LogP contribution in [0.5, 0.6) is 5.75 Å². The second-order valence-electron chi connectivity index (χ2n) is 7.47. The van der Waals surface area contributed by atoms with Gasteiger partial charge in [0.25, 0.3) is 10.0 Å². The number of methoxy groups -OCH3 is 1. The fourth-order valence-corrected chi connectivity index (χ4v) is 4.70. The first-order valence-electron chi connectivity index (χ1n) is 10.2. The summed E-state index contributed by atoms with van der Waals surface area (Å²) in [5, 5.41) is 2.50. The summed E-state index contributed by atoms with van der Waals surface area (Å²) in [5.74, 6) is -0.448. The molecule has 0 aliphatic heterocycles. The van der Waals surface area contributed by atoms with Crippen molar-refractivity contribution in [1.29, 1.82) is 0 Å². The Hall–Kier alpha value is -3.53. The van der Waals surface area contributed by atoms with Gasteiger partial charge >= 0.3 is 6.18 Å². The van der Waals surface area contributed by atoms with E-state index in [9.17, 15) is 26.4 Å². The lowest BCUT2D eigenvalue weighted by Gasteiger charge is -2.26. The van der Waals surface area contributed by atoms with Crippen LogP contribution in [0, 0.1) is 6.92 Å². The van der Waals surface area contributed by atoms with Gasteiger partial charge in [0.15, 0.2) is 0 Å². The molecule has 1 N–H and O–H groups in total. The van der Waals surface area contributed by atoms with E-state index in [2.05, 4.69) is 5.32 Å². The van der Waals surface area contributed by atoms with E-state index < -0.39 is 34.2 Å². The molecule has 0 bridgehead atoms. The first-order valence-corrected chi connectivity index (χ1v) is 11.6. The lowest BCUT2D eigenvalue weighted by molar-refractivity contribution is -0.137. The number of ether oxygens (including phenoxy) is 1. The van der Waals surface area contributed by atoms with Crippen molar-refractivity contribution in [3.05, 3.63) is 89.5 Å². The van der Waals surface area contributed by atoms with Crippen LogP contribution < -0.4 is 14.4 Å². The zero-order chi connectivity index (χ0) is 24.9. The smallest absolute Gasteiger partial charge is 0.416 e. The minimum atomic E-state index is -4.51. The predicted molar refractivity (Wildman–Crippen MR) is 122 cm³/mol. The molecule has 0 atom stereocenters. The molecule has 1 amide bonds. The molecule has 0 saturated heterocycles. The monoisotopic (exact) mass is 492 g/mol. The number of alkyl halides is 3. The van der Waals surface area contributed by atoms with E-state index >= 15 is 0 Å². The normalized spacial score (nSPS) is 11.7. The molecule has 0 radical (unpaired) electrons. The Balaban J connectivity index is 1.89. The number of amides is 1. The third kappa shape index (κ3) is 5.88. The molecule has 0 spiro atoms. The Morgan fingerprint density at radius 3 is 2.35 bits per heavy atom. The van der Waals surface area contributed by atoms with Gasteiger partial charge < -0.3 is 10.1 Å². The van der Waals surface area contributed by atoms with Crippen LogP contribution in [-0.2, 0) is 27.5 Å². The number of hydrogen-bond acceptors (Lipinski definition) is 4. The Kier molecular flexibility index (Phi) is 7.51. The number of sulfonamides is 1. The molecule has 0 aliphatic carbocycles. The highest BCUT2D eigenvalue weighted by Gasteiger charge is 2.31. The average Bonchev–Trinajstić information content (AvgIpc) is 2.81. The van der Waals surface area contributed by atoms with Gasteiger partial charge in [-0.25, -0.2) is 8.42 Å². The minimum Gasteiger partial charge on any atom is -0.495 e. The lowest BCUT2D eigenvalue weighted by Crippen LogP contribution is -2.41. The number of nitrogens with zero attached hydrogens (tertiary/aromatic N) is 1. The van der Waals surface area contributed by atoms with Crippen molar-refractivity contribution in [2.75, 3.05) is 18.0 Å². The number of halogens is 3. The van der Waals surface area contributed by atoms with Crippen LogP contribution in [0.1, 0.15) is 16.7 Å². The first kappa shape index (κ1) is 25.1. The summed E-state index contributed by atoms with van der Waals surface area (Å²) in [6, 6.07) is 17.1. The molecule has 3 aromatic carbocycles. The summed E-state index contributed by atoms with van der Waals surface area (Å²) in [6.07, 6.45) is -4.51. The molecular weight excluding hydrogens is 469 g/mol. The van der Waals surface area contributed by atoms with Gasteiger partial charge in [-0.15, -0.1) is 0 Å². The molecule has 34 heavy (non-hydrogen) atoms. The zero-order valence-electron chi connectivity index (χ0n) is 18.5. The maximum atomic E-state index is 13.4. The van der Waals surface area contributed by atoms with E-state index in [-0.39, 0.29) is 28.4 Å². The fraction of sp³-hybridized carbons (Fsp3) is 0.208. The van der Waals surface area contributed by atoms with Crippen molar-refractivity contribution in [2.24, 2.45) is 0 Å². The third-order valence-corrected chi connectivity index (χ3v) is 6.74. The maximum Gasteiger partial charge on any atom is 0.416 e. The predicted octanol–water partition coefficient (Wildman–Crippen LogP) is 4.53. The summed E-state index contributed by atoms with van der Waals surface area (Å²) < 4.78 is 72.0. The van der Waals surface area contributed by atoms with Gasteiger partial charge in [-0.1, -0.05) is 36.4 Å². The van der Waals surface area contributed by atoms with Gasteiger partial charge in [-0.05, 0) is 54.4 Å². The number of aryl methyl sites for hydroxylation is 1. The molecule has 0 aromatic heterocycles. The van der Waals surface area contributed by atoms with Crippen LogP contribution in [0.2, 0.25) is 0 Å². The second-order valence-corrected chi connectivity index (χ2v) is 9.34. The molecular formula is C24H23F3N2O4S. The Morgan fingerprint density at radius 2 is 1.71 bits per heavy atom. The van der Waals surface area contributed by atoms with Crippen LogP contribution in [0.4, 0.5) is 18.9 Å². The molecule has 0 heterocycles. The average molecular weight is 493 g/mol. The van der Waals surface area contributed by atoms with Crippen molar-refractivity contribution in [3.63, 3.8) is 0 Å². The summed E-state index contributed by atoms with van der Waals surface area (Å²) in [5.41, 5.74) is 0.305. The molecule has 0 aliphatic rings. The molecule has 0 fully saturated rings. The Labute approximate surface area is 196 Å². The van der Waals surface area contributed by atoms with Crippen LogP contribution >= 0.6 is 0 Å². The highest BCUT2D eigenvalue weighted by Crippen LogP contribution is 2.33. The molecule has 0 unspecified atom stereocenters. The number of carbonyl (C=O) groups excluding carboxylic acids is 1. The van der Waals surface area contributed by atoms with Crippen LogP contribution in [0.3, 0.4) is 0 Å². The second kappa shape index (κ2) is 10.2. The van der Waals surface area contributed by atoms with Crippen LogP contribution in [0.15, 0.2) is 77.7 Å². The molecule has 0 saturated carbocycles. The van der Waals surface area contributed by atoms with Gasteiger partial charge in [0, 0.05) is 6.54 Å². The molecule has 180 valence electrons. The fourth-order valence-electron chi connectivity index (χ4n) is 3.26. The summed E-state index contributed by atoms with van der Waals surface area (Å²) in [6.45, 7) is 0.965. The van der Waals surface area contributed by atoms with Crippen molar-refractivity contribution in [3.8, 4) is 5.75 Å². The number of benzene rings is 3. The third-order valence-electron chi connectivity index (χ3n) is 4.97. The van der Waals surface area contributed by atoms with Crippen molar-refractivity contribution < 1.29 is 31.1 Å². The van der Waals surface area contributed by atoms with Gasteiger partial charge in [0.05, 0.1) is 23.3 Å². The number of hydrogen-bond donors (Lipinski definition) is 1. The van der Waals surface area contributed by atoms with E-state index in [1.807, 2.05) is 0 Å². The van der Waals surface area contributed by atoms with E-state index in [1.165, 1.54) is 31.4 Å². The van der Waals surface area contributed by atoms with Crippen molar-refractivity contribution in [1.82, 2.24) is 5.32 Å². The summed E-state index contributed by atoms with van der Waals surface area (Å²) >= 11 is 0. The summed E-state index contributed by atoms with van der Waals surface area (Å²) in [7, 11) is -2.78. The Bertz CT molecular complexity index is 1260. The van der Waals surface area contributed by atoms with Gasteiger partial charge in [-0.2, -0.15) is 13.2 Å². The van der Waals surface area contributed by atoms with E-state index in [4.69, 9.17) is 4.74 Å². The van der Waals surface area contributed by atoms with Gasteiger partial charge in [0.2, 0.25) is 5.91 Å². The number of nitrogens with one attached hydrogen (secondary N) is 1. The lowest BCUT2D eigenvalue weighted by atomic mass is 10.1. The summed E-state index contributed by atoms with van der Waals surface area (Å²) in [4.78, 5) is 12.7. The van der Waals surface area contributed by atoms with Crippen LogP contribution in [-0.4, -0.2) is 28.0 Å². The first-order chi connectivity index (χ1) is 16.0. The topological polar surface area (TPSA) is 75.7 Å². The maximum absolute atomic E-state index is 13.4. The number of rotatable bonds is 8. The quantitative estimate of drug-likeness (QED) is 0.501. The number of anilines is 1.